The highest BCUT2D eigenvalue weighted by molar-refractivity contribution is 7.09. The molecular formula is C20H21NO3S. The number of hydrogen-bond acceptors (Lipinski definition) is 4. The van der Waals surface area contributed by atoms with Gasteiger partial charge in [-0.2, -0.15) is 0 Å². The van der Waals surface area contributed by atoms with Crippen molar-refractivity contribution in [1.29, 1.82) is 0 Å². The predicted octanol–water partition coefficient (Wildman–Crippen LogP) is 4.97. The van der Waals surface area contributed by atoms with E-state index in [4.69, 9.17) is 9.15 Å². The lowest BCUT2D eigenvalue weighted by atomic mass is 10.2. The van der Waals surface area contributed by atoms with Gasteiger partial charge in [0.05, 0.1) is 26.0 Å². The van der Waals surface area contributed by atoms with Gasteiger partial charge in [-0.25, -0.2) is 0 Å². The van der Waals surface area contributed by atoms with Gasteiger partial charge in [0.25, 0.3) is 5.91 Å². The molecule has 1 aromatic carbocycles. The number of hydrogen-bond donors (Lipinski definition) is 0. The van der Waals surface area contributed by atoms with Gasteiger partial charge in [0.15, 0.2) is 0 Å². The van der Waals surface area contributed by atoms with Crippen molar-refractivity contribution in [2.45, 2.75) is 26.4 Å². The SMILES string of the molecule is CCCOc1ccc(C(=O)N(Cc2ccco2)Cc2cccs2)cc1. The highest BCUT2D eigenvalue weighted by Gasteiger charge is 2.18. The maximum Gasteiger partial charge on any atom is 0.254 e. The minimum atomic E-state index is -0.0214. The molecule has 4 nitrogen and oxygen atoms in total. The average Bonchev–Trinajstić information content (AvgIpc) is 3.33. The molecule has 1 amide bonds. The van der Waals surface area contributed by atoms with E-state index in [0.717, 1.165) is 22.8 Å². The van der Waals surface area contributed by atoms with Crippen molar-refractivity contribution in [3.8, 4) is 5.75 Å². The molecule has 0 fully saturated rings. The third-order valence-electron chi connectivity index (χ3n) is 3.71. The molecule has 0 radical (unpaired) electrons. The second kappa shape index (κ2) is 8.53. The van der Waals surface area contributed by atoms with Crippen molar-refractivity contribution in [2.24, 2.45) is 0 Å². The molecule has 5 heteroatoms. The van der Waals surface area contributed by atoms with Crippen molar-refractivity contribution < 1.29 is 13.9 Å². The monoisotopic (exact) mass is 355 g/mol. The second-order valence-electron chi connectivity index (χ2n) is 5.69. The fourth-order valence-corrected chi connectivity index (χ4v) is 3.20. The van der Waals surface area contributed by atoms with Crippen LogP contribution in [0.25, 0.3) is 0 Å². The summed E-state index contributed by atoms with van der Waals surface area (Å²) in [6.45, 7) is 3.74. The molecule has 0 spiro atoms. The van der Waals surface area contributed by atoms with Crippen molar-refractivity contribution in [3.05, 3.63) is 76.4 Å². The lowest BCUT2D eigenvalue weighted by Crippen LogP contribution is -2.29. The maximum atomic E-state index is 13.0. The van der Waals surface area contributed by atoms with Crippen molar-refractivity contribution >= 4 is 17.2 Å². The molecule has 0 atom stereocenters. The summed E-state index contributed by atoms with van der Waals surface area (Å²) >= 11 is 1.64. The zero-order valence-corrected chi connectivity index (χ0v) is 15.0. The zero-order chi connectivity index (χ0) is 17.5. The number of amides is 1. The largest absolute Gasteiger partial charge is 0.494 e. The number of carbonyl (C=O) groups excluding carboxylic acids is 1. The molecule has 0 aliphatic heterocycles. The van der Waals surface area contributed by atoms with Crippen molar-refractivity contribution in [3.63, 3.8) is 0 Å². The summed E-state index contributed by atoms with van der Waals surface area (Å²) in [6.07, 6.45) is 2.58. The molecule has 2 aromatic heterocycles. The van der Waals surface area contributed by atoms with Crippen LogP contribution in [-0.4, -0.2) is 17.4 Å². The van der Waals surface area contributed by atoms with Crippen LogP contribution >= 0.6 is 11.3 Å². The maximum absolute atomic E-state index is 13.0. The van der Waals surface area contributed by atoms with E-state index < -0.39 is 0 Å². The smallest absolute Gasteiger partial charge is 0.254 e. The van der Waals surface area contributed by atoms with E-state index in [1.807, 2.05) is 53.9 Å². The van der Waals surface area contributed by atoms with Crippen LogP contribution in [0.2, 0.25) is 0 Å². The highest BCUT2D eigenvalue weighted by Crippen LogP contribution is 2.19. The van der Waals surface area contributed by atoms with E-state index in [9.17, 15) is 4.79 Å². The van der Waals surface area contributed by atoms with Crippen LogP contribution in [0.4, 0.5) is 0 Å². The number of nitrogens with zero attached hydrogens (tertiary/aromatic N) is 1. The first-order chi connectivity index (χ1) is 12.3. The molecule has 0 saturated carbocycles. The fraction of sp³-hybridized carbons (Fsp3) is 0.250. The van der Waals surface area contributed by atoms with Crippen LogP contribution in [0.1, 0.15) is 34.3 Å². The standard InChI is InChI=1S/C20H21NO3S/c1-2-11-23-17-9-7-16(8-10-17)20(22)21(14-18-5-3-12-24-18)15-19-6-4-13-25-19/h3-10,12-13H,2,11,14-15H2,1H3. The van der Waals surface area contributed by atoms with E-state index in [-0.39, 0.29) is 5.91 Å². The Kier molecular flexibility index (Phi) is 5.90. The quantitative estimate of drug-likeness (QED) is 0.573. The zero-order valence-electron chi connectivity index (χ0n) is 14.2. The summed E-state index contributed by atoms with van der Waals surface area (Å²) in [5.41, 5.74) is 0.645. The lowest BCUT2D eigenvalue weighted by Gasteiger charge is -2.21. The second-order valence-corrected chi connectivity index (χ2v) is 6.73. The molecule has 0 saturated heterocycles. The molecule has 0 aliphatic rings. The number of benzene rings is 1. The number of ether oxygens (including phenoxy) is 1. The first kappa shape index (κ1) is 17.3. The van der Waals surface area contributed by atoms with E-state index >= 15 is 0 Å². The lowest BCUT2D eigenvalue weighted by molar-refractivity contribution is 0.0719. The first-order valence-electron chi connectivity index (χ1n) is 8.33. The molecule has 130 valence electrons. The summed E-state index contributed by atoms with van der Waals surface area (Å²) in [4.78, 5) is 15.9. The van der Waals surface area contributed by atoms with Gasteiger partial charge in [0.1, 0.15) is 11.5 Å². The van der Waals surface area contributed by atoms with E-state index in [0.29, 0.717) is 25.3 Å². The van der Waals surface area contributed by atoms with Crippen LogP contribution in [0.3, 0.4) is 0 Å². The average molecular weight is 355 g/mol. The van der Waals surface area contributed by atoms with E-state index in [1.54, 1.807) is 22.5 Å². The first-order valence-corrected chi connectivity index (χ1v) is 9.21. The van der Waals surface area contributed by atoms with Gasteiger partial charge >= 0.3 is 0 Å². The molecule has 2 heterocycles. The van der Waals surface area contributed by atoms with Gasteiger partial charge in [-0.05, 0) is 54.3 Å². The third kappa shape index (κ3) is 4.73. The Labute approximate surface area is 151 Å². The minimum Gasteiger partial charge on any atom is -0.494 e. The molecule has 0 aliphatic carbocycles. The van der Waals surface area contributed by atoms with Crippen LogP contribution in [0.5, 0.6) is 5.75 Å². The molecule has 25 heavy (non-hydrogen) atoms. The summed E-state index contributed by atoms with van der Waals surface area (Å²) in [5.74, 6) is 1.54. The Bertz CT molecular complexity index is 728. The van der Waals surface area contributed by atoms with Crippen LogP contribution < -0.4 is 4.74 Å². The number of furan rings is 1. The van der Waals surface area contributed by atoms with Crippen molar-refractivity contribution in [1.82, 2.24) is 4.90 Å². The summed E-state index contributed by atoms with van der Waals surface area (Å²) < 4.78 is 11.0. The minimum absolute atomic E-state index is 0.0214. The van der Waals surface area contributed by atoms with E-state index in [1.165, 1.54) is 0 Å². The van der Waals surface area contributed by atoms with Gasteiger partial charge < -0.3 is 14.1 Å². The molecule has 0 unspecified atom stereocenters. The Morgan fingerprint density at radius 2 is 1.96 bits per heavy atom. The Hall–Kier alpha value is -2.53. The van der Waals surface area contributed by atoms with E-state index in [2.05, 4.69) is 6.92 Å². The van der Waals surface area contributed by atoms with Crippen molar-refractivity contribution in [2.75, 3.05) is 6.61 Å². The van der Waals surface area contributed by atoms with Crippen LogP contribution in [0, 0.1) is 0 Å². The number of thiophene rings is 1. The summed E-state index contributed by atoms with van der Waals surface area (Å²) in [6, 6.07) is 15.1. The van der Waals surface area contributed by atoms with Crippen LogP contribution in [0.15, 0.2) is 64.6 Å². The molecular weight excluding hydrogens is 334 g/mol. The predicted molar refractivity (Wildman–Crippen MR) is 98.8 cm³/mol. The molecule has 0 N–H and O–H groups in total. The van der Waals surface area contributed by atoms with Gasteiger partial charge in [0.2, 0.25) is 0 Å². The highest BCUT2D eigenvalue weighted by atomic mass is 32.1. The number of carbonyl (C=O) groups is 1. The molecule has 3 aromatic rings. The Morgan fingerprint density at radius 3 is 2.60 bits per heavy atom. The fourth-order valence-electron chi connectivity index (χ4n) is 2.48. The van der Waals surface area contributed by atoms with Gasteiger partial charge in [-0.15, -0.1) is 11.3 Å². The third-order valence-corrected chi connectivity index (χ3v) is 4.58. The molecule has 3 rings (SSSR count). The van der Waals surface area contributed by atoms with Gasteiger partial charge in [-0.3, -0.25) is 4.79 Å². The van der Waals surface area contributed by atoms with Crippen LogP contribution in [-0.2, 0) is 13.1 Å². The normalized spacial score (nSPS) is 10.6. The molecule has 0 bridgehead atoms. The Morgan fingerprint density at radius 1 is 1.12 bits per heavy atom. The Balaban J connectivity index is 1.75. The number of rotatable bonds is 8. The van der Waals surface area contributed by atoms with Gasteiger partial charge in [0, 0.05) is 10.4 Å². The van der Waals surface area contributed by atoms with Gasteiger partial charge in [-0.1, -0.05) is 13.0 Å². The summed E-state index contributed by atoms with van der Waals surface area (Å²) in [5, 5.41) is 2.02. The topological polar surface area (TPSA) is 42.7 Å². The summed E-state index contributed by atoms with van der Waals surface area (Å²) in [7, 11) is 0.